The van der Waals surface area contributed by atoms with E-state index in [9.17, 15) is 9.18 Å². The van der Waals surface area contributed by atoms with Crippen LogP contribution in [-0.4, -0.2) is 5.91 Å². The predicted molar refractivity (Wildman–Crippen MR) is 85.2 cm³/mol. The quantitative estimate of drug-likeness (QED) is 0.791. The first kappa shape index (κ1) is 14.3. The molecule has 0 bridgehead atoms. The molecular weight excluding hydrogens is 333 g/mol. The Balaban J connectivity index is 1.93. The first-order valence-corrected chi connectivity index (χ1v) is 7.87. The van der Waals surface area contributed by atoms with E-state index in [0.29, 0.717) is 6.42 Å². The molecule has 0 saturated carbocycles. The van der Waals surface area contributed by atoms with E-state index in [0.717, 1.165) is 35.2 Å². The summed E-state index contributed by atoms with van der Waals surface area (Å²) in [6.45, 7) is 0. The second-order valence-electron chi connectivity index (χ2n) is 5.24. The fourth-order valence-corrected chi connectivity index (χ4v) is 3.18. The SMILES string of the molecule is O=C1CCCc2cc(C(Br)c3cccc(F)c3)ccc2N1. The molecule has 2 nitrogen and oxygen atoms in total. The van der Waals surface area contributed by atoms with Crippen LogP contribution in [0.3, 0.4) is 0 Å². The summed E-state index contributed by atoms with van der Waals surface area (Å²) in [6.07, 6.45) is 2.30. The van der Waals surface area contributed by atoms with E-state index in [2.05, 4.69) is 27.3 Å². The average Bonchev–Trinajstić information content (AvgIpc) is 2.66. The molecule has 1 N–H and O–H groups in total. The molecule has 0 saturated heterocycles. The summed E-state index contributed by atoms with van der Waals surface area (Å²) in [5.41, 5.74) is 3.97. The fourth-order valence-electron chi connectivity index (χ4n) is 2.61. The monoisotopic (exact) mass is 347 g/mol. The second kappa shape index (κ2) is 5.98. The van der Waals surface area contributed by atoms with Gasteiger partial charge in [-0.15, -0.1) is 0 Å². The number of benzene rings is 2. The van der Waals surface area contributed by atoms with Gasteiger partial charge in [-0.25, -0.2) is 4.39 Å². The van der Waals surface area contributed by atoms with Crippen LogP contribution in [-0.2, 0) is 11.2 Å². The van der Waals surface area contributed by atoms with Crippen molar-refractivity contribution in [2.75, 3.05) is 5.32 Å². The van der Waals surface area contributed by atoms with Gasteiger partial charge in [0.25, 0.3) is 0 Å². The molecule has 2 aromatic rings. The number of carbonyl (C=O) groups excluding carboxylic acids is 1. The Morgan fingerprint density at radius 1 is 1.10 bits per heavy atom. The van der Waals surface area contributed by atoms with E-state index in [4.69, 9.17) is 0 Å². The first-order chi connectivity index (χ1) is 10.1. The highest BCUT2D eigenvalue weighted by atomic mass is 79.9. The van der Waals surface area contributed by atoms with E-state index in [-0.39, 0.29) is 16.6 Å². The number of hydrogen-bond acceptors (Lipinski definition) is 1. The van der Waals surface area contributed by atoms with Crippen LogP contribution >= 0.6 is 15.9 Å². The van der Waals surface area contributed by atoms with Gasteiger partial charge in [0.1, 0.15) is 5.82 Å². The lowest BCUT2D eigenvalue weighted by atomic mass is 9.99. The third kappa shape index (κ3) is 3.16. The minimum Gasteiger partial charge on any atom is -0.326 e. The molecular formula is C17H15BrFNO. The summed E-state index contributed by atoms with van der Waals surface area (Å²) >= 11 is 3.63. The number of carbonyl (C=O) groups is 1. The smallest absolute Gasteiger partial charge is 0.224 e. The van der Waals surface area contributed by atoms with Crippen LogP contribution in [0.25, 0.3) is 0 Å². The number of halogens is 2. The normalized spacial score (nSPS) is 15.8. The largest absolute Gasteiger partial charge is 0.326 e. The number of alkyl halides is 1. The van der Waals surface area contributed by atoms with Crippen molar-refractivity contribution in [2.24, 2.45) is 0 Å². The average molecular weight is 348 g/mol. The second-order valence-corrected chi connectivity index (χ2v) is 6.15. The molecule has 0 fully saturated rings. The van der Waals surface area contributed by atoms with E-state index in [1.807, 2.05) is 18.2 Å². The standard InChI is InChI=1S/C17H15BrFNO/c18-17(12-4-1-5-14(19)10-12)13-7-8-15-11(9-13)3-2-6-16(21)20-15/h1,4-5,7-10,17H,2-3,6H2,(H,20,21). The Labute approximate surface area is 131 Å². The maximum Gasteiger partial charge on any atom is 0.224 e. The lowest BCUT2D eigenvalue weighted by Crippen LogP contribution is -2.09. The Morgan fingerprint density at radius 3 is 2.71 bits per heavy atom. The van der Waals surface area contributed by atoms with Crippen molar-refractivity contribution in [3.8, 4) is 0 Å². The van der Waals surface area contributed by atoms with Gasteiger partial charge in [0.2, 0.25) is 5.91 Å². The van der Waals surface area contributed by atoms with E-state index in [1.165, 1.54) is 12.1 Å². The third-order valence-electron chi connectivity index (χ3n) is 3.69. The minimum atomic E-state index is -0.237. The van der Waals surface area contributed by atoms with Gasteiger partial charge in [-0.05, 0) is 47.7 Å². The number of fused-ring (bicyclic) bond motifs is 1. The van der Waals surface area contributed by atoms with Crippen molar-refractivity contribution in [1.82, 2.24) is 0 Å². The van der Waals surface area contributed by atoms with Gasteiger partial charge in [0, 0.05) is 12.1 Å². The molecule has 3 rings (SSSR count). The Morgan fingerprint density at radius 2 is 1.90 bits per heavy atom. The number of rotatable bonds is 2. The molecule has 1 aliphatic rings. The summed E-state index contributed by atoms with van der Waals surface area (Å²) in [5.74, 6) is -0.166. The highest BCUT2D eigenvalue weighted by Gasteiger charge is 2.16. The zero-order valence-electron chi connectivity index (χ0n) is 11.4. The van der Waals surface area contributed by atoms with Gasteiger partial charge in [-0.1, -0.05) is 40.2 Å². The van der Waals surface area contributed by atoms with Crippen molar-refractivity contribution in [3.63, 3.8) is 0 Å². The minimum absolute atomic E-state index is 0.0579. The number of nitrogens with one attached hydrogen (secondary N) is 1. The predicted octanol–water partition coefficient (Wildman–Crippen LogP) is 4.58. The van der Waals surface area contributed by atoms with Gasteiger partial charge >= 0.3 is 0 Å². The maximum atomic E-state index is 13.3. The highest BCUT2D eigenvalue weighted by molar-refractivity contribution is 9.09. The molecule has 21 heavy (non-hydrogen) atoms. The molecule has 1 heterocycles. The summed E-state index contributed by atoms with van der Waals surface area (Å²) in [7, 11) is 0. The van der Waals surface area contributed by atoms with Crippen LogP contribution in [0.15, 0.2) is 42.5 Å². The number of amides is 1. The van der Waals surface area contributed by atoms with E-state index < -0.39 is 0 Å². The zero-order chi connectivity index (χ0) is 14.8. The highest BCUT2D eigenvalue weighted by Crippen LogP contribution is 2.34. The van der Waals surface area contributed by atoms with Crippen molar-refractivity contribution < 1.29 is 9.18 Å². The molecule has 1 amide bonds. The van der Waals surface area contributed by atoms with Crippen molar-refractivity contribution in [1.29, 1.82) is 0 Å². The summed E-state index contributed by atoms with van der Waals surface area (Å²) < 4.78 is 13.3. The van der Waals surface area contributed by atoms with Crippen LogP contribution in [0.1, 0.15) is 34.4 Å². The Kier molecular flexibility index (Phi) is 4.06. The Hall–Kier alpha value is -1.68. The molecule has 0 radical (unpaired) electrons. The number of hydrogen-bond donors (Lipinski definition) is 1. The lowest BCUT2D eigenvalue weighted by Gasteiger charge is -2.14. The van der Waals surface area contributed by atoms with Crippen molar-refractivity contribution >= 4 is 27.5 Å². The van der Waals surface area contributed by atoms with Crippen molar-refractivity contribution in [3.05, 3.63) is 65.0 Å². The molecule has 2 aromatic carbocycles. The molecule has 1 aliphatic heterocycles. The first-order valence-electron chi connectivity index (χ1n) is 6.96. The molecule has 0 aromatic heterocycles. The lowest BCUT2D eigenvalue weighted by molar-refractivity contribution is -0.116. The van der Waals surface area contributed by atoms with Gasteiger partial charge in [0.15, 0.2) is 0 Å². The topological polar surface area (TPSA) is 29.1 Å². The van der Waals surface area contributed by atoms with E-state index >= 15 is 0 Å². The molecule has 108 valence electrons. The van der Waals surface area contributed by atoms with Gasteiger partial charge in [-0.3, -0.25) is 4.79 Å². The van der Waals surface area contributed by atoms with Crippen LogP contribution in [0.4, 0.5) is 10.1 Å². The summed E-state index contributed by atoms with van der Waals surface area (Å²) in [6, 6.07) is 12.6. The van der Waals surface area contributed by atoms with Crippen LogP contribution in [0.5, 0.6) is 0 Å². The summed E-state index contributed by atoms with van der Waals surface area (Å²) in [5, 5.41) is 2.92. The molecule has 1 atom stereocenters. The van der Waals surface area contributed by atoms with E-state index in [1.54, 1.807) is 6.07 Å². The van der Waals surface area contributed by atoms with Crippen LogP contribution in [0, 0.1) is 5.82 Å². The van der Waals surface area contributed by atoms with Crippen LogP contribution < -0.4 is 5.32 Å². The molecule has 0 aliphatic carbocycles. The molecule has 4 heteroatoms. The third-order valence-corrected chi connectivity index (χ3v) is 4.74. The van der Waals surface area contributed by atoms with Crippen LogP contribution in [0.2, 0.25) is 0 Å². The molecule has 1 unspecified atom stereocenters. The number of aryl methyl sites for hydroxylation is 1. The van der Waals surface area contributed by atoms with Gasteiger partial charge in [-0.2, -0.15) is 0 Å². The Bertz CT molecular complexity index is 686. The van der Waals surface area contributed by atoms with Gasteiger partial charge in [0.05, 0.1) is 4.83 Å². The maximum absolute atomic E-state index is 13.3. The molecule has 0 spiro atoms. The summed E-state index contributed by atoms with van der Waals surface area (Å²) in [4.78, 5) is 11.5. The van der Waals surface area contributed by atoms with Gasteiger partial charge < -0.3 is 5.32 Å². The fraction of sp³-hybridized carbons (Fsp3) is 0.235. The number of anilines is 1. The van der Waals surface area contributed by atoms with Crippen molar-refractivity contribution in [2.45, 2.75) is 24.1 Å². The zero-order valence-corrected chi connectivity index (χ0v) is 13.0.